The van der Waals surface area contributed by atoms with Crippen molar-refractivity contribution in [3.63, 3.8) is 0 Å². The Morgan fingerprint density at radius 3 is 1.89 bits per heavy atom. The van der Waals surface area contributed by atoms with Crippen LogP contribution >= 0.6 is 23.2 Å². The van der Waals surface area contributed by atoms with E-state index < -0.39 is 180 Å². The highest BCUT2D eigenvalue weighted by Crippen LogP contribution is 2.56. The first-order chi connectivity index (χ1) is 53.4. The Morgan fingerprint density at radius 1 is 0.670 bits per heavy atom. The molecule has 14 unspecified atom stereocenters. The summed E-state index contributed by atoms with van der Waals surface area (Å²) in [7, 11) is 1.50. The van der Waals surface area contributed by atoms with Crippen LogP contribution in [0, 0.1) is 29.6 Å². The van der Waals surface area contributed by atoms with Gasteiger partial charge in [-0.15, -0.1) is 0 Å². The number of carbonyl (C=O) groups is 8. The standard InChI is InChI=1S/C79H97Cl2N11O20/c1-5-6-7-8-9-10-17-85-32-44-50(93)29-43-57-42-24-36(11-14-45(42)79(107,108)58(44)57)60-73(102)92-64(77(106)90-62(43)75(104)87-59-39-20-34-19-35(22-39)23-40(59)21-34)66(96)38-13-16-52(47(81)26-38)110-54-28-41-27-53(70(54)112-78-69(99)68(98)67(97)55(31-82)111-78)109-51-15-12-37(25-46(51)80)65(95)63(91-71(100)48(84-4)18-33(2)3)76(105)86-49(30-56(83)94)72(101)88-61(41)74(103)89-60/h11-16,24-29,33-35,39-40,48-49,55,59-69,78,84-85,93,95-99,107-108H,5-10,17-23,30-32,82H2,1-4H3,(H2,83,94)(H,86,105)(H,87,104)(H,88,101)(H,89,103)(H,90,106)(H,91,100)(H,92,102). The van der Waals surface area contributed by atoms with E-state index in [-0.39, 0.29) is 108 Å². The number of benzene rings is 5. The fraction of sp³-hybridized carbons (Fsp3) is 0.519. The third kappa shape index (κ3) is 16.5. The molecule has 16 rings (SSSR count). The third-order valence-corrected chi connectivity index (χ3v) is 23.7. The van der Waals surface area contributed by atoms with Crippen LogP contribution in [0.25, 0.3) is 11.1 Å². The quantitative estimate of drug-likeness (QED) is 0.0370. The van der Waals surface area contributed by atoms with Crippen LogP contribution in [0.4, 0.5) is 0 Å². The lowest BCUT2D eigenvalue weighted by molar-refractivity contribution is -0.270. The highest BCUT2D eigenvalue weighted by Gasteiger charge is 2.53. The molecular formula is C79H97Cl2N11O20. The fourth-order valence-corrected chi connectivity index (χ4v) is 18.0. The number of nitrogens with one attached hydrogen (secondary N) is 9. The molecule has 8 amide bonds. The van der Waals surface area contributed by atoms with Crippen LogP contribution in [0.15, 0.2) is 72.8 Å². The normalized spacial score (nSPS) is 29.2. The number of phenolic OH excluding ortho intramolecular Hbond substituents is 1. The Balaban J connectivity index is 1.01. The molecule has 5 aromatic rings. The van der Waals surface area contributed by atoms with E-state index in [0.717, 1.165) is 82.8 Å². The van der Waals surface area contributed by atoms with Gasteiger partial charge in [0.05, 0.1) is 22.5 Å². The lowest BCUT2D eigenvalue weighted by Crippen LogP contribution is -2.60. The Bertz CT molecular complexity index is 4440. The molecule has 21 N–H and O–H groups in total. The summed E-state index contributed by atoms with van der Waals surface area (Å²) in [6.07, 6.45) is -3.84. The zero-order valence-corrected chi connectivity index (χ0v) is 63.7. The molecule has 31 nitrogen and oxygen atoms in total. The first kappa shape index (κ1) is 81.2. The summed E-state index contributed by atoms with van der Waals surface area (Å²) in [5.41, 5.74) is 10.2. The second-order valence-corrected chi connectivity index (χ2v) is 32.1. The maximum atomic E-state index is 16.4. The van der Waals surface area contributed by atoms with Crippen molar-refractivity contribution in [2.75, 3.05) is 20.1 Å². The van der Waals surface area contributed by atoms with Gasteiger partial charge in [-0.25, -0.2) is 0 Å². The summed E-state index contributed by atoms with van der Waals surface area (Å²) < 4.78 is 25.6. The molecule has 33 heteroatoms. The number of hydrogen-bond acceptors (Lipinski definition) is 23. The van der Waals surface area contributed by atoms with Crippen LogP contribution in [-0.2, 0) is 55.4 Å². The third-order valence-electron chi connectivity index (χ3n) is 23.1. The first-order valence-electron chi connectivity index (χ1n) is 38.3. The smallest absolute Gasteiger partial charge is 0.248 e. The number of aliphatic hydroxyl groups is 7. The molecule has 5 aromatic carbocycles. The lowest BCUT2D eigenvalue weighted by atomic mass is 9.54. The van der Waals surface area contributed by atoms with Gasteiger partial charge in [-0.1, -0.05) is 100 Å². The molecule has 0 spiro atoms. The van der Waals surface area contributed by atoms with Crippen molar-refractivity contribution in [2.45, 2.75) is 208 Å². The average molecular weight is 1590 g/mol. The van der Waals surface area contributed by atoms with Gasteiger partial charge in [0.15, 0.2) is 11.5 Å². The monoisotopic (exact) mass is 1590 g/mol. The number of halogens is 2. The van der Waals surface area contributed by atoms with Gasteiger partial charge in [0, 0.05) is 35.8 Å². The van der Waals surface area contributed by atoms with E-state index in [1.54, 1.807) is 0 Å². The molecule has 6 aliphatic heterocycles. The van der Waals surface area contributed by atoms with Gasteiger partial charge in [-0.2, -0.15) is 0 Å². The van der Waals surface area contributed by atoms with Gasteiger partial charge in [0.1, 0.15) is 90.1 Å². The predicted octanol–water partition coefficient (Wildman–Crippen LogP) is 3.23. The van der Waals surface area contributed by atoms with E-state index in [1.165, 1.54) is 67.7 Å². The van der Waals surface area contributed by atoms with Crippen molar-refractivity contribution in [1.82, 2.24) is 47.9 Å². The zero-order chi connectivity index (χ0) is 80.0. The van der Waals surface area contributed by atoms with Gasteiger partial charge < -0.3 is 119 Å². The van der Waals surface area contributed by atoms with Crippen molar-refractivity contribution in [2.24, 2.45) is 41.1 Å². The number of phenols is 1. The van der Waals surface area contributed by atoms with Crippen LogP contribution in [0.5, 0.6) is 34.5 Å². The Morgan fingerprint density at radius 2 is 1.28 bits per heavy atom. The van der Waals surface area contributed by atoms with Crippen molar-refractivity contribution < 1.29 is 98.2 Å². The van der Waals surface area contributed by atoms with Gasteiger partial charge in [-0.3, -0.25) is 38.4 Å². The Labute approximate surface area is 655 Å². The Hall–Kier alpha value is -8.80. The second-order valence-electron chi connectivity index (χ2n) is 31.3. The minimum Gasteiger partial charge on any atom is -0.508 e. The molecule has 5 fully saturated rings. The van der Waals surface area contributed by atoms with E-state index in [0.29, 0.717) is 18.4 Å². The highest BCUT2D eigenvalue weighted by molar-refractivity contribution is 6.32. The second kappa shape index (κ2) is 33.7. The maximum Gasteiger partial charge on any atom is 0.248 e. The molecule has 6 heterocycles. The molecule has 112 heavy (non-hydrogen) atoms. The van der Waals surface area contributed by atoms with Crippen LogP contribution in [0.3, 0.4) is 0 Å². The molecule has 15 bridgehead atoms. The summed E-state index contributed by atoms with van der Waals surface area (Å²) in [5.74, 6) is -13.9. The summed E-state index contributed by atoms with van der Waals surface area (Å²) in [6, 6.07) is 0.826. The number of hydrogen-bond donors (Lipinski definition) is 19. The molecule has 1 saturated heterocycles. The minimum absolute atomic E-state index is 0.00634. The van der Waals surface area contributed by atoms with Crippen LogP contribution in [0.2, 0.25) is 10.0 Å². The molecular weight excluding hydrogens is 1490 g/mol. The molecule has 602 valence electrons. The molecule has 5 aliphatic carbocycles. The van der Waals surface area contributed by atoms with Crippen LogP contribution in [0.1, 0.15) is 179 Å². The van der Waals surface area contributed by atoms with Crippen molar-refractivity contribution in [1.29, 1.82) is 0 Å². The van der Waals surface area contributed by atoms with Crippen molar-refractivity contribution in [3.8, 4) is 45.6 Å². The predicted molar refractivity (Wildman–Crippen MR) is 403 cm³/mol. The molecule has 4 saturated carbocycles. The van der Waals surface area contributed by atoms with E-state index in [9.17, 15) is 55.2 Å². The van der Waals surface area contributed by atoms with Gasteiger partial charge in [0.25, 0.3) is 0 Å². The van der Waals surface area contributed by atoms with E-state index >= 15 is 24.0 Å². The number of carbonyl (C=O) groups excluding carboxylic acids is 8. The van der Waals surface area contributed by atoms with E-state index in [4.69, 9.17) is 53.6 Å². The summed E-state index contributed by atoms with van der Waals surface area (Å²) in [5, 5.41) is 122. The number of primary amides is 1. The molecule has 11 aliphatic rings. The van der Waals surface area contributed by atoms with E-state index in [2.05, 4.69) is 54.8 Å². The van der Waals surface area contributed by atoms with Crippen LogP contribution in [-0.4, -0.2) is 169 Å². The largest absolute Gasteiger partial charge is 0.508 e. The number of aromatic hydroxyl groups is 1. The number of likely N-dealkylation sites (N-methyl/N-ethyl adjacent to an activating group) is 1. The highest BCUT2D eigenvalue weighted by atomic mass is 35.5. The number of aliphatic hydroxyl groups excluding tert-OH is 5. The topological polar surface area (TPSA) is 496 Å². The van der Waals surface area contributed by atoms with Gasteiger partial charge in [-0.05, 0) is 176 Å². The summed E-state index contributed by atoms with van der Waals surface area (Å²) in [4.78, 5) is 122. The van der Waals surface area contributed by atoms with Crippen molar-refractivity contribution >= 4 is 70.5 Å². The molecule has 14 atom stereocenters. The molecule has 0 aromatic heterocycles. The SMILES string of the molecule is CCCCCCCCNCc1c(O)cc2c3c1C(O)(O)c1ccc(cc1-3)C1NC(=O)C3NC(=O)C(CC(N)=O)NC(=O)C(NC(=O)C(CC(C)C)NC)C(O)c4ccc(c(Cl)c4)Oc4cc3cc(c4OC3OC(CN)C(O)C(O)C3O)Oc3ccc(cc3Cl)C(O)C(NC1=O)C(=O)NC2C(=O)NC1C2CC3CC(C2)CC1C3. The van der Waals surface area contributed by atoms with Crippen molar-refractivity contribution in [3.05, 3.63) is 127 Å². The number of amides is 8. The van der Waals surface area contributed by atoms with Gasteiger partial charge in [0.2, 0.25) is 65.1 Å². The van der Waals surface area contributed by atoms with Crippen LogP contribution < -0.4 is 73.5 Å². The number of unbranched alkanes of at least 4 members (excludes halogenated alkanes) is 5. The van der Waals surface area contributed by atoms with Gasteiger partial charge >= 0.3 is 0 Å². The number of ether oxygens (including phenoxy) is 4. The average Bonchev–Trinajstić information content (AvgIpc) is 1.54. The lowest BCUT2D eigenvalue weighted by Gasteiger charge is -2.54. The fourth-order valence-electron chi connectivity index (χ4n) is 17.5. The maximum absolute atomic E-state index is 16.4. The zero-order valence-electron chi connectivity index (χ0n) is 62.2. The first-order valence-corrected chi connectivity index (χ1v) is 39.0. The number of nitrogens with two attached hydrogens (primary N) is 2. The summed E-state index contributed by atoms with van der Waals surface area (Å²) in [6.45, 7) is 5.67. The number of fused-ring (bicyclic) bond motifs is 12. The number of rotatable bonds is 21. The van der Waals surface area contributed by atoms with E-state index in [1.807, 2.05) is 13.8 Å². The molecule has 0 radical (unpaired) electrons. The minimum atomic E-state index is -2.99. The Kier molecular flexibility index (Phi) is 24.4. The summed E-state index contributed by atoms with van der Waals surface area (Å²) >= 11 is 14.3.